The standard InChI is InChI=1S/C24H26N2O6/c1-25-19-11-12-20(25)22(21(15-19)32-23(27)17-5-3-2-4-6-17)24(28)31-14-13-16-7-9-18(10-8-16)26(29)30/h2-10,19-22H,11-15H2,1H3. The number of non-ortho nitro benzene ring substituents is 1. The first-order valence-corrected chi connectivity index (χ1v) is 10.8. The summed E-state index contributed by atoms with van der Waals surface area (Å²) in [4.78, 5) is 38.2. The number of piperidine rings is 1. The molecule has 2 aromatic carbocycles. The van der Waals surface area contributed by atoms with Crippen LogP contribution in [0.15, 0.2) is 54.6 Å². The van der Waals surface area contributed by atoms with Crippen molar-refractivity contribution in [1.29, 1.82) is 0 Å². The van der Waals surface area contributed by atoms with Gasteiger partial charge in [-0.25, -0.2) is 4.79 Å². The van der Waals surface area contributed by atoms with Crippen LogP contribution in [0.4, 0.5) is 5.69 Å². The van der Waals surface area contributed by atoms with Gasteiger partial charge in [-0.2, -0.15) is 0 Å². The molecule has 8 heteroatoms. The number of nitro groups is 1. The molecule has 0 saturated carbocycles. The van der Waals surface area contributed by atoms with Crippen molar-refractivity contribution in [3.05, 3.63) is 75.8 Å². The molecule has 0 N–H and O–H groups in total. The monoisotopic (exact) mass is 438 g/mol. The number of rotatable bonds is 7. The highest BCUT2D eigenvalue weighted by Gasteiger charge is 2.51. The van der Waals surface area contributed by atoms with Crippen LogP contribution in [0.3, 0.4) is 0 Å². The lowest BCUT2D eigenvalue weighted by atomic mass is 9.87. The van der Waals surface area contributed by atoms with E-state index in [1.807, 2.05) is 13.1 Å². The molecule has 2 heterocycles. The first kappa shape index (κ1) is 22.0. The third kappa shape index (κ3) is 4.65. The molecule has 2 bridgehead atoms. The van der Waals surface area contributed by atoms with Gasteiger partial charge in [-0.3, -0.25) is 19.8 Å². The summed E-state index contributed by atoms with van der Waals surface area (Å²) in [5, 5.41) is 10.8. The molecular weight excluding hydrogens is 412 g/mol. The summed E-state index contributed by atoms with van der Waals surface area (Å²) in [6.07, 6.45) is 2.36. The van der Waals surface area contributed by atoms with Gasteiger partial charge in [0.2, 0.25) is 0 Å². The van der Waals surface area contributed by atoms with Gasteiger partial charge in [-0.1, -0.05) is 30.3 Å². The molecule has 168 valence electrons. The molecule has 2 aromatic rings. The van der Waals surface area contributed by atoms with Crippen molar-refractivity contribution in [2.24, 2.45) is 5.92 Å². The molecule has 0 amide bonds. The van der Waals surface area contributed by atoms with Gasteiger partial charge in [0.05, 0.1) is 17.1 Å². The molecule has 2 aliphatic rings. The molecule has 2 aliphatic heterocycles. The van der Waals surface area contributed by atoms with Crippen molar-refractivity contribution >= 4 is 17.6 Å². The maximum atomic E-state index is 13.1. The second-order valence-electron chi connectivity index (χ2n) is 8.38. The van der Waals surface area contributed by atoms with Crippen LogP contribution in [0.25, 0.3) is 0 Å². The fourth-order valence-electron chi connectivity index (χ4n) is 4.78. The van der Waals surface area contributed by atoms with Gasteiger partial charge < -0.3 is 9.47 Å². The van der Waals surface area contributed by atoms with Gasteiger partial charge in [0.25, 0.3) is 5.69 Å². The first-order valence-electron chi connectivity index (χ1n) is 10.8. The van der Waals surface area contributed by atoms with Gasteiger partial charge in [0, 0.05) is 37.1 Å². The minimum Gasteiger partial charge on any atom is -0.465 e. The third-order valence-electron chi connectivity index (χ3n) is 6.54. The number of nitro benzene ring substituents is 1. The van der Waals surface area contributed by atoms with Crippen LogP contribution in [0.2, 0.25) is 0 Å². The molecule has 32 heavy (non-hydrogen) atoms. The Balaban J connectivity index is 1.40. The van der Waals surface area contributed by atoms with Gasteiger partial charge in [0.1, 0.15) is 12.0 Å². The van der Waals surface area contributed by atoms with Crippen molar-refractivity contribution in [2.45, 2.75) is 43.9 Å². The minimum absolute atomic E-state index is 0.0193. The highest BCUT2D eigenvalue weighted by atomic mass is 16.6. The predicted molar refractivity (Wildman–Crippen MR) is 116 cm³/mol. The number of carbonyl (C=O) groups is 2. The zero-order valence-corrected chi connectivity index (χ0v) is 17.9. The lowest BCUT2D eigenvalue weighted by Crippen LogP contribution is -2.53. The zero-order valence-electron chi connectivity index (χ0n) is 17.9. The predicted octanol–water partition coefficient (Wildman–Crippen LogP) is 3.39. The Hall–Kier alpha value is -3.26. The van der Waals surface area contributed by atoms with Crippen molar-refractivity contribution in [1.82, 2.24) is 4.90 Å². The quantitative estimate of drug-likeness (QED) is 0.371. The van der Waals surface area contributed by atoms with E-state index in [-0.39, 0.29) is 30.3 Å². The molecule has 0 aromatic heterocycles. The topological polar surface area (TPSA) is 99.0 Å². The van der Waals surface area contributed by atoms with E-state index in [0.717, 1.165) is 18.4 Å². The SMILES string of the molecule is CN1C2CCC1C(C(=O)OCCc1ccc([N+](=O)[O-])cc1)C(OC(=O)c1ccccc1)C2. The van der Waals surface area contributed by atoms with Gasteiger partial charge in [-0.15, -0.1) is 0 Å². The Morgan fingerprint density at radius 3 is 2.50 bits per heavy atom. The highest BCUT2D eigenvalue weighted by molar-refractivity contribution is 5.89. The average Bonchev–Trinajstić information content (AvgIpc) is 3.03. The third-order valence-corrected chi connectivity index (χ3v) is 6.54. The molecule has 4 unspecified atom stereocenters. The minimum atomic E-state index is -0.539. The second kappa shape index (κ2) is 9.48. The summed E-state index contributed by atoms with van der Waals surface area (Å²) in [6, 6.07) is 15.2. The Bertz CT molecular complexity index is 978. The maximum absolute atomic E-state index is 13.1. The Kier molecular flexibility index (Phi) is 6.50. The molecule has 8 nitrogen and oxygen atoms in total. The Labute approximate surface area is 186 Å². The number of carbonyl (C=O) groups excluding carboxylic acids is 2. The van der Waals surface area contributed by atoms with Crippen LogP contribution in [-0.2, 0) is 20.7 Å². The van der Waals surface area contributed by atoms with E-state index in [9.17, 15) is 19.7 Å². The van der Waals surface area contributed by atoms with Crippen molar-refractivity contribution in [2.75, 3.05) is 13.7 Å². The largest absolute Gasteiger partial charge is 0.465 e. The summed E-state index contributed by atoms with van der Waals surface area (Å²) in [5.41, 5.74) is 1.33. The number of nitrogens with zero attached hydrogens (tertiary/aromatic N) is 2. The van der Waals surface area contributed by atoms with Gasteiger partial charge in [-0.05, 0) is 37.6 Å². The van der Waals surface area contributed by atoms with Gasteiger partial charge in [0.15, 0.2) is 0 Å². The Morgan fingerprint density at radius 1 is 1.09 bits per heavy atom. The summed E-state index contributed by atoms with van der Waals surface area (Å²) >= 11 is 0. The number of hydrogen-bond donors (Lipinski definition) is 0. The van der Waals surface area contributed by atoms with Crippen LogP contribution < -0.4 is 0 Å². The van der Waals surface area contributed by atoms with E-state index in [1.54, 1.807) is 36.4 Å². The van der Waals surface area contributed by atoms with Crippen LogP contribution in [0, 0.1) is 16.0 Å². The van der Waals surface area contributed by atoms with E-state index in [4.69, 9.17) is 9.47 Å². The van der Waals surface area contributed by atoms with E-state index >= 15 is 0 Å². The van der Waals surface area contributed by atoms with Crippen molar-refractivity contribution < 1.29 is 24.0 Å². The zero-order chi connectivity index (χ0) is 22.7. The molecule has 2 fully saturated rings. The smallest absolute Gasteiger partial charge is 0.338 e. The molecule has 0 aliphatic carbocycles. The van der Waals surface area contributed by atoms with Crippen molar-refractivity contribution in [3.8, 4) is 0 Å². The van der Waals surface area contributed by atoms with E-state index in [2.05, 4.69) is 4.90 Å². The lowest BCUT2D eigenvalue weighted by Gasteiger charge is -2.40. The normalized spacial score (nSPS) is 24.7. The van der Waals surface area contributed by atoms with Crippen molar-refractivity contribution in [3.63, 3.8) is 0 Å². The molecule has 4 atom stereocenters. The second-order valence-corrected chi connectivity index (χ2v) is 8.38. The fourth-order valence-corrected chi connectivity index (χ4v) is 4.78. The van der Waals surface area contributed by atoms with E-state index < -0.39 is 22.9 Å². The van der Waals surface area contributed by atoms with Crippen LogP contribution in [-0.4, -0.2) is 53.6 Å². The van der Waals surface area contributed by atoms with Crippen LogP contribution in [0.1, 0.15) is 35.2 Å². The molecule has 0 spiro atoms. The molecule has 4 rings (SSSR count). The highest BCUT2D eigenvalue weighted by Crippen LogP contribution is 2.40. The number of fused-ring (bicyclic) bond motifs is 2. The molecule has 0 radical (unpaired) electrons. The number of benzene rings is 2. The Morgan fingerprint density at radius 2 is 1.81 bits per heavy atom. The first-order chi connectivity index (χ1) is 15.4. The summed E-state index contributed by atoms with van der Waals surface area (Å²) in [7, 11) is 2.01. The van der Waals surface area contributed by atoms with E-state index in [0.29, 0.717) is 18.4 Å². The maximum Gasteiger partial charge on any atom is 0.338 e. The van der Waals surface area contributed by atoms with Crippen LogP contribution >= 0.6 is 0 Å². The number of esters is 2. The fraction of sp³-hybridized carbons (Fsp3) is 0.417. The van der Waals surface area contributed by atoms with Gasteiger partial charge >= 0.3 is 11.9 Å². The lowest BCUT2D eigenvalue weighted by molar-refractivity contribution is -0.384. The number of ether oxygens (including phenoxy) is 2. The molecule has 2 saturated heterocycles. The average molecular weight is 438 g/mol. The summed E-state index contributed by atoms with van der Waals surface area (Å²) in [5.74, 6) is -1.33. The summed E-state index contributed by atoms with van der Waals surface area (Å²) < 4.78 is 11.4. The van der Waals surface area contributed by atoms with Crippen LogP contribution in [0.5, 0.6) is 0 Å². The number of hydrogen-bond acceptors (Lipinski definition) is 7. The van der Waals surface area contributed by atoms with E-state index in [1.165, 1.54) is 12.1 Å². The molecular formula is C24H26N2O6. The summed E-state index contributed by atoms with van der Waals surface area (Å²) in [6.45, 7) is 0.159.